The van der Waals surface area contributed by atoms with Crippen molar-refractivity contribution in [3.05, 3.63) is 47.0 Å². The molecule has 0 bridgehead atoms. The Labute approximate surface area is 187 Å². The van der Waals surface area contributed by atoms with Crippen molar-refractivity contribution >= 4 is 0 Å². The molecule has 0 radical (unpaired) electrons. The molecule has 2 aliphatic carbocycles. The minimum Gasteiger partial charge on any atom is -0.0853 e. The van der Waals surface area contributed by atoms with E-state index in [1.54, 1.807) is 11.1 Å². The number of rotatable bonds is 12. The van der Waals surface area contributed by atoms with E-state index in [9.17, 15) is 0 Å². The third-order valence-electron chi connectivity index (χ3n) is 8.16. The Morgan fingerprint density at radius 3 is 2.27 bits per heavy atom. The average molecular weight is 409 g/mol. The van der Waals surface area contributed by atoms with Crippen LogP contribution in [0.2, 0.25) is 0 Å². The lowest BCUT2D eigenvalue weighted by Gasteiger charge is -2.39. The second-order valence-corrected chi connectivity index (χ2v) is 10.6. The van der Waals surface area contributed by atoms with E-state index in [1.807, 2.05) is 0 Å². The maximum Gasteiger partial charge on any atom is -0.0125 e. The first-order valence-electron chi connectivity index (χ1n) is 13.5. The highest BCUT2D eigenvalue weighted by Crippen LogP contribution is 2.46. The van der Waals surface area contributed by atoms with E-state index in [0.29, 0.717) is 5.41 Å². The minimum absolute atomic E-state index is 0.661. The average Bonchev–Trinajstić information content (AvgIpc) is 2.81. The minimum atomic E-state index is 0.661. The van der Waals surface area contributed by atoms with Crippen LogP contribution in [-0.2, 0) is 6.42 Å². The van der Waals surface area contributed by atoms with Crippen molar-refractivity contribution in [1.29, 1.82) is 0 Å². The monoisotopic (exact) mass is 408 g/mol. The van der Waals surface area contributed by atoms with Crippen LogP contribution >= 0.6 is 0 Å². The summed E-state index contributed by atoms with van der Waals surface area (Å²) in [4.78, 5) is 0. The van der Waals surface area contributed by atoms with Gasteiger partial charge < -0.3 is 0 Å². The van der Waals surface area contributed by atoms with Crippen molar-refractivity contribution in [1.82, 2.24) is 0 Å². The van der Waals surface area contributed by atoms with Gasteiger partial charge in [-0.3, -0.25) is 0 Å². The van der Waals surface area contributed by atoms with Crippen molar-refractivity contribution in [2.45, 2.75) is 135 Å². The van der Waals surface area contributed by atoms with Crippen molar-refractivity contribution in [3.8, 4) is 0 Å². The molecule has 0 heteroatoms. The van der Waals surface area contributed by atoms with Crippen LogP contribution in [0.15, 0.2) is 35.9 Å². The van der Waals surface area contributed by atoms with Crippen LogP contribution in [-0.4, -0.2) is 0 Å². The lowest BCUT2D eigenvalue weighted by Crippen LogP contribution is -2.25. The molecule has 1 fully saturated rings. The zero-order valence-corrected chi connectivity index (χ0v) is 20.2. The summed E-state index contributed by atoms with van der Waals surface area (Å²) in [5.41, 5.74) is 5.56. The van der Waals surface area contributed by atoms with Crippen molar-refractivity contribution in [2.24, 2.45) is 5.41 Å². The molecule has 168 valence electrons. The molecule has 1 atom stereocenters. The van der Waals surface area contributed by atoms with E-state index < -0.39 is 0 Å². The SMILES string of the molecule is CCCCc1ccc(C(CCC2(CCCC)CCCCC2)CC2=CCCCC2)cc1. The fourth-order valence-corrected chi connectivity index (χ4v) is 6.09. The van der Waals surface area contributed by atoms with Gasteiger partial charge in [0.25, 0.3) is 0 Å². The highest BCUT2D eigenvalue weighted by Gasteiger charge is 2.32. The largest absolute Gasteiger partial charge is 0.0853 e. The quantitative estimate of drug-likeness (QED) is 0.302. The van der Waals surface area contributed by atoms with Gasteiger partial charge in [-0.2, -0.15) is 0 Å². The molecule has 0 aromatic heterocycles. The summed E-state index contributed by atoms with van der Waals surface area (Å²) < 4.78 is 0. The summed E-state index contributed by atoms with van der Waals surface area (Å²) in [6.45, 7) is 4.66. The van der Waals surface area contributed by atoms with Crippen LogP contribution in [0.4, 0.5) is 0 Å². The Hall–Kier alpha value is -1.04. The van der Waals surface area contributed by atoms with Crippen molar-refractivity contribution in [2.75, 3.05) is 0 Å². The third-order valence-corrected chi connectivity index (χ3v) is 8.16. The molecule has 0 N–H and O–H groups in total. The van der Waals surface area contributed by atoms with Gasteiger partial charge in [-0.15, -0.1) is 0 Å². The number of aryl methyl sites for hydroxylation is 1. The summed E-state index contributed by atoms with van der Waals surface area (Å²) in [5, 5.41) is 0. The van der Waals surface area contributed by atoms with Crippen molar-refractivity contribution in [3.63, 3.8) is 0 Å². The molecule has 2 aliphatic rings. The van der Waals surface area contributed by atoms with E-state index in [-0.39, 0.29) is 0 Å². The fraction of sp³-hybridized carbons (Fsp3) is 0.733. The molecule has 3 rings (SSSR count). The number of allylic oxidation sites excluding steroid dienone is 2. The maximum atomic E-state index is 2.58. The third kappa shape index (κ3) is 7.28. The number of benzene rings is 1. The van der Waals surface area contributed by atoms with Gasteiger partial charge in [-0.25, -0.2) is 0 Å². The Morgan fingerprint density at radius 2 is 1.60 bits per heavy atom. The van der Waals surface area contributed by atoms with Crippen LogP contribution in [0.1, 0.15) is 140 Å². The molecule has 1 unspecified atom stereocenters. The first kappa shape index (κ1) is 23.6. The fourth-order valence-electron chi connectivity index (χ4n) is 6.09. The van der Waals surface area contributed by atoms with E-state index in [2.05, 4.69) is 44.2 Å². The lowest BCUT2D eigenvalue weighted by molar-refractivity contribution is 0.145. The summed E-state index contributed by atoms with van der Waals surface area (Å²) in [7, 11) is 0. The Morgan fingerprint density at radius 1 is 0.833 bits per heavy atom. The first-order valence-corrected chi connectivity index (χ1v) is 13.5. The molecule has 0 saturated heterocycles. The molecule has 30 heavy (non-hydrogen) atoms. The second kappa shape index (κ2) is 12.7. The molecular weight excluding hydrogens is 360 g/mol. The molecule has 1 aromatic rings. The van der Waals surface area contributed by atoms with Crippen LogP contribution in [0.5, 0.6) is 0 Å². The standard InChI is InChI=1S/C30H48/c1-3-5-13-26-16-18-28(19-17-26)29(25-27-14-9-7-10-15-27)20-24-30(21-6-4-2)22-11-8-12-23-30/h14,16-19,29H,3-13,15,20-25H2,1-2H3. The predicted molar refractivity (Wildman–Crippen MR) is 133 cm³/mol. The van der Waals surface area contributed by atoms with E-state index >= 15 is 0 Å². The van der Waals surface area contributed by atoms with Crippen LogP contribution in [0.25, 0.3) is 0 Å². The van der Waals surface area contributed by atoms with Crippen molar-refractivity contribution < 1.29 is 0 Å². The normalized spacial score (nSPS) is 20.0. The van der Waals surface area contributed by atoms with Crippen LogP contribution < -0.4 is 0 Å². The maximum absolute atomic E-state index is 2.58. The predicted octanol–water partition coefficient (Wildman–Crippen LogP) is 9.92. The Balaban J connectivity index is 1.70. The molecule has 1 saturated carbocycles. The summed E-state index contributed by atoms with van der Waals surface area (Å²) in [5.74, 6) is 0.731. The Kier molecular flexibility index (Phi) is 10.0. The molecule has 0 amide bonds. The summed E-state index contributed by atoms with van der Waals surface area (Å²) in [6, 6.07) is 9.83. The van der Waals surface area contributed by atoms with Gasteiger partial charge in [0.1, 0.15) is 0 Å². The molecule has 0 spiro atoms. The number of hydrogen-bond donors (Lipinski definition) is 0. The lowest BCUT2D eigenvalue weighted by atomic mass is 9.67. The molecule has 1 aromatic carbocycles. The van der Waals surface area contributed by atoms with Gasteiger partial charge in [0.05, 0.1) is 0 Å². The van der Waals surface area contributed by atoms with Gasteiger partial charge in [0, 0.05) is 0 Å². The zero-order chi connectivity index (χ0) is 21.1. The van der Waals surface area contributed by atoms with Crippen LogP contribution in [0.3, 0.4) is 0 Å². The van der Waals surface area contributed by atoms with Gasteiger partial charge in [0.15, 0.2) is 0 Å². The van der Waals surface area contributed by atoms with Gasteiger partial charge in [0.2, 0.25) is 0 Å². The van der Waals surface area contributed by atoms with Gasteiger partial charge in [-0.05, 0) is 99.5 Å². The van der Waals surface area contributed by atoms with Gasteiger partial charge in [-0.1, -0.05) is 88.3 Å². The highest BCUT2D eigenvalue weighted by atomic mass is 14.4. The van der Waals surface area contributed by atoms with Gasteiger partial charge >= 0.3 is 0 Å². The molecule has 0 aliphatic heterocycles. The topological polar surface area (TPSA) is 0 Å². The summed E-state index contributed by atoms with van der Waals surface area (Å²) >= 11 is 0. The molecular formula is C30H48. The highest BCUT2D eigenvalue weighted by molar-refractivity contribution is 5.27. The van der Waals surface area contributed by atoms with E-state index in [0.717, 1.165) is 5.92 Å². The summed E-state index contributed by atoms with van der Waals surface area (Å²) in [6.07, 6.45) is 27.8. The number of hydrogen-bond acceptors (Lipinski definition) is 0. The molecule has 0 heterocycles. The van der Waals surface area contributed by atoms with E-state index in [1.165, 1.54) is 121 Å². The van der Waals surface area contributed by atoms with E-state index in [4.69, 9.17) is 0 Å². The zero-order valence-electron chi connectivity index (χ0n) is 20.2. The number of unbranched alkanes of at least 4 members (excludes halogenated alkanes) is 2. The van der Waals surface area contributed by atoms with Crippen LogP contribution in [0, 0.1) is 5.41 Å². The smallest absolute Gasteiger partial charge is 0.0125 e. The first-order chi connectivity index (χ1) is 14.7. The second-order valence-electron chi connectivity index (χ2n) is 10.6. The Bertz CT molecular complexity index is 614. The molecule has 0 nitrogen and oxygen atoms in total.